The number of hydrogen-bond acceptors (Lipinski definition) is 1. The van der Waals surface area contributed by atoms with Gasteiger partial charge in [0.05, 0.1) is 6.10 Å². The predicted molar refractivity (Wildman–Crippen MR) is 96.1 cm³/mol. The van der Waals surface area contributed by atoms with Crippen molar-refractivity contribution in [2.75, 3.05) is 0 Å². The molecule has 0 heterocycles. The first-order valence-corrected chi connectivity index (χ1v) is 8.91. The molecule has 0 bridgehead atoms. The number of hydrogen-bond donors (Lipinski definition) is 0. The van der Waals surface area contributed by atoms with E-state index in [0.29, 0.717) is 6.10 Å². The van der Waals surface area contributed by atoms with Crippen LogP contribution in [0.4, 0.5) is 0 Å². The molecule has 0 aliphatic heterocycles. The van der Waals surface area contributed by atoms with Crippen LogP contribution in [0, 0.1) is 6.92 Å². The molecule has 0 radical (unpaired) electrons. The van der Waals surface area contributed by atoms with Crippen molar-refractivity contribution in [1.82, 2.24) is 0 Å². The zero-order valence-corrected chi connectivity index (χ0v) is 15.7. The maximum atomic E-state index is 6.51. The van der Waals surface area contributed by atoms with Crippen molar-refractivity contribution in [2.24, 2.45) is 0 Å². The van der Waals surface area contributed by atoms with Crippen LogP contribution in [-0.4, -0.2) is 6.10 Å². The van der Waals surface area contributed by atoms with E-state index in [4.69, 9.17) is 4.74 Å². The summed E-state index contributed by atoms with van der Waals surface area (Å²) >= 11 is 0. The van der Waals surface area contributed by atoms with Gasteiger partial charge in [-0.3, -0.25) is 0 Å². The summed E-state index contributed by atoms with van der Waals surface area (Å²) in [5, 5.41) is 0. The third-order valence-electron chi connectivity index (χ3n) is 4.79. The van der Waals surface area contributed by atoms with Gasteiger partial charge in [0.2, 0.25) is 0 Å². The number of ether oxygens (including phenoxy) is 1. The van der Waals surface area contributed by atoms with Crippen LogP contribution in [0.25, 0.3) is 0 Å². The maximum absolute atomic E-state index is 6.51. The van der Waals surface area contributed by atoms with E-state index in [9.17, 15) is 0 Å². The molecule has 0 amide bonds. The molecular weight excluding hydrogens is 268 g/mol. The van der Waals surface area contributed by atoms with E-state index in [1.807, 2.05) is 0 Å². The molecule has 0 spiro atoms. The van der Waals surface area contributed by atoms with Crippen LogP contribution in [0.1, 0.15) is 90.3 Å². The molecule has 1 aromatic rings. The fourth-order valence-electron chi connectivity index (χ4n) is 3.27. The Balaban J connectivity index is 2.43. The van der Waals surface area contributed by atoms with Gasteiger partial charge in [0.1, 0.15) is 5.75 Å². The molecule has 124 valence electrons. The van der Waals surface area contributed by atoms with Crippen molar-refractivity contribution >= 4 is 0 Å². The van der Waals surface area contributed by atoms with Gasteiger partial charge in [-0.15, -0.1) is 0 Å². The summed E-state index contributed by atoms with van der Waals surface area (Å²) in [6, 6.07) is 4.71. The monoisotopic (exact) mass is 302 g/mol. The molecule has 0 unspecified atom stereocenters. The lowest BCUT2D eigenvalue weighted by molar-refractivity contribution is 0.151. The van der Waals surface area contributed by atoms with E-state index in [1.165, 1.54) is 48.8 Å². The van der Waals surface area contributed by atoms with Gasteiger partial charge in [0.25, 0.3) is 0 Å². The molecule has 1 fully saturated rings. The number of benzene rings is 1. The van der Waals surface area contributed by atoms with E-state index >= 15 is 0 Å². The molecule has 0 N–H and O–H groups in total. The molecule has 22 heavy (non-hydrogen) atoms. The Morgan fingerprint density at radius 3 is 1.95 bits per heavy atom. The molecule has 2 rings (SSSR count). The molecule has 0 aromatic heterocycles. The van der Waals surface area contributed by atoms with Crippen molar-refractivity contribution in [1.29, 1.82) is 0 Å². The van der Waals surface area contributed by atoms with E-state index in [0.717, 1.165) is 5.75 Å². The molecule has 1 nitrogen and oxygen atoms in total. The molecule has 1 saturated carbocycles. The summed E-state index contributed by atoms with van der Waals surface area (Å²) in [6.45, 7) is 16.0. The Morgan fingerprint density at radius 2 is 1.45 bits per heavy atom. The smallest absolute Gasteiger partial charge is 0.126 e. The van der Waals surface area contributed by atoms with Crippen LogP contribution < -0.4 is 4.74 Å². The Morgan fingerprint density at radius 1 is 0.864 bits per heavy atom. The van der Waals surface area contributed by atoms with E-state index in [1.54, 1.807) is 0 Å². The van der Waals surface area contributed by atoms with E-state index in [2.05, 4.69) is 60.6 Å². The highest BCUT2D eigenvalue weighted by Gasteiger charge is 2.26. The topological polar surface area (TPSA) is 9.23 Å². The highest BCUT2D eigenvalue weighted by molar-refractivity contribution is 5.49. The second kappa shape index (κ2) is 6.26. The van der Waals surface area contributed by atoms with Gasteiger partial charge in [-0.1, -0.05) is 60.1 Å². The van der Waals surface area contributed by atoms with Crippen LogP contribution >= 0.6 is 0 Å². The predicted octanol–water partition coefficient (Wildman–Crippen LogP) is 6.30. The Kier molecular flexibility index (Phi) is 4.94. The average Bonchev–Trinajstić information content (AvgIpc) is 2.39. The zero-order chi connectivity index (χ0) is 16.5. The van der Waals surface area contributed by atoms with Crippen molar-refractivity contribution in [3.63, 3.8) is 0 Å². The largest absolute Gasteiger partial charge is 0.490 e. The maximum Gasteiger partial charge on any atom is 0.126 e. The minimum Gasteiger partial charge on any atom is -0.490 e. The number of aryl methyl sites for hydroxylation is 1. The second-order valence-corrected chi connectivity index (χ2v) is 9.05. The van der Waals surface area contributed by atoms with Crippen LogP contribution in [0.5, 0.6) is 5.75 Å². The fourth-order valence-corrected chi connectivity index (χ4v) is 3.27. The molecule has 0 atom stereocenters. The van der Waals surface area contributed by atoms with Crippen LogP contribution in [0.3, 0.4) is 0 Å². The van der Waals surface area contributed by atoms with Gasteiger partial charge < -0.3 is 4.74 Å². The fraction of sp³-hybridized carbons (Fsp3) is 0.714. The normalized spacial score (nSPS) is 17.6. The molecule has 1 heteroatoms. The second-order valence-electron chi connectivity index (χ2n) is 9.05. The van der Waals surface area contributed by atoms with Gasteiger partial charge >= 0.3 is 0 Å². The van der Waals surface area contributed by atoms with Gasteiger partial charge in [-0.2, -0.15) is 0 Å². The highest BCUT2D eigenvalue weighted by atomic mass is 16.5. The van der Waals surface area contributed by atoms with Crippen molar-refractivity contribution in [3.8, 4) is 5.75 Å². The first-order valence-electron chi connectivity index (χ1n) is 8.91. The Hall–Kier alpha value is -0.980. The lowest BCUT2D eigenvalue weighted by Gasteiger charge is -2.31. The summed E-state index contributed by atoms with van der Waals surface area (Å²) in [7, 11) is 0. The molecule has 1 aliphatic carbocycles. The molecule has 1 aromatic carbocycles. The lowest BCUT2D eigenvalue weighted by atomic mass is 9.79. The molecular formula is C21H34O. The first-order chi connectivity index (χ1) is 10.1. The Labute approximate surface area is 137 Å². The van der Waals surface area contributed by atoms with E-state index in [-0.39, 0.29) is 10.8 Å². The van der Waals surface area contributed by atoms with Gasteiger partial charge in [0.15, 0.2) is 0 Å². The minimum absolute atomic E-state index is 0.107. The Bertz CT molecular complexity index is 508. The van der Waals surface area contributed by atoms with Gasteiger partial charge in [-0.25, -0.2) is 0 Å². The van der Waals surface area contributed by atoms with E-state index < -0.39 is 0 Å². The molecule has 0 saturated heterocycles. The summed E-state index contributed by atoms with van der Waals surface area (Å²) in [5.74, 6) is 1.15. The summed E-state index contributed by atoms with van der Waals surface area (Å²) < 4.78 is 6.51. The minimum atomic E-state index is 0.107. The first kappa shape index (κ1) is 17.4. The van der Waals surface area contributed by atoms with Crippen LogP contribution in [0.2, 0.25) is 0 Å². The standard InChI is InChI=1S/C21H34O/c1-15-13-16(20(2,3)4)14-18(21(5,6)7)19(15)22-17-11-9-8-10-12-17/h13-14,17H,8-12H2,1-7H3. The van der Waals surface area contributed by atoms with Crippen LogP contribution in [0.15, 0.2) is 12.1 Å². The zero-order valence-electron chi connectivity index (χ0n) is 15.7. The van der Waals surface area contributed by atoms with Crippen LogP contribution in [-0.2, 0) is 10.8 Å². The summed E-state index contributed by atoms with van der Waals surface area (Å²) in [5.41, 5.74) is 4.35. The average molecular weight is 303 g/mol. The third kappa shape index (κ3) is 4.06. The van der Waals surface area contributed by atoms with Crippen molar-refractivity contribution < 1.29 is 4.74 Å². The quantitative estimate of drug-likeness (QED) is 0.622. The summed E-state index contributed by atoms with van der Waals surface area (Å²) in [6.07, 6.45) is 6.83. The van der Waals surface area contributed by atoms with Gasteiger partial charge in [-0.05, 0) is 54.6 Å². The SMILES string of the molecule is Cc1cc(C(C)(C)C)cc(C(C)(C)C)c1OC1CCCCC1. The summed E-state index contributed by atoms with van der Waals surface area (Å²) in [4.78, 5) is 0. The van der Waals surface area contributed by atoms with Crippen molar-refractivity contribution in [3.05, 3.63) is 28.8 Å². The molecule has 1 aliphatic rings. The van der Waals surface area contributed by atoms with Gasteiger partial charge in [0, 0.05) is 5.56 Å². The third-order valence-corrected chi connectivity index (χ3v) is 4.79. The highest BCUT2D eigenvalue weighted by Crippen LogP contribution is 2.39. The number of rotatable bonds is 2. The lowest BCUT2D eigenvalue weighted by Crippen LogP contribution is -2.24. The van der Waals surface area contributed by atoms with Crippen molar-refractivity contribution in [2.45, 2.75) is 97.5 Å².